The van der Waals surface area contributed by atoms with Crippen molar-refractivity contribution in [2.75, 3.05) is 9.80 Å². The van der Waals surface area contributed by atoms with E-state index in [0.29, 0.717) is 0 Å². The Morgan fingerprint density at radius 1 is 0.280 bits per heavy atom. The molecule has 0 aliphatic rings. The molecule has 0 saturated carbocycles. The number of anilines is 6. The fourth-order valence-electron chi connectivity index (χ4n) is 6.55. The maximum Gasteiger partial charge on any atom is 0.0730 e. The van der Waals surface area contributed by atoms with Crippen molar-refractivity contribution in [3.8, 4) is 33.6 Å². The number of para-hydroxylation sites is 3. The topological polar surface area (TPSA) is 19.4 Å². The first-order valence-corrected chi connectivity index (χ1v) is 16.9. The third kappa shape index (κ3) is 6.28. The van der Waals surface area contributed by atoms with Crippen LogP contribution in [0.1, 0.15) is 0 Å². The van der Waals surface area contributed by atoms with Crippen LogP contribution in [-0.2, 0) is 0 Å². The van der Waals surface area contributed by atoms with E-state index in [1.54, 1.807) is 0 Å². The van der Waals surface area contributed by atoms with Gasteiger partial charge in [-0.15, -0.1) is 0 Å². The molecule has 50 heavy (non-hydrogen) atoms. The molecule has 0 unspecified atom stereocenters. The highest BCUT2D eigenvalue weighted by Crippen LogP contribution is 2.49. The molecule has 0 spiro atoms. The lowest BCUT2D eigenvalue weighted by molar-refractivity contribution is 1.23. The van der Waals surface area contributed by atoms with Gasteiger partial charge in [0.05, 0.1) is 28.5 Å². The van der Waals surface area contributed by atoms with Gasteiger partial charge in [-0.05, 0) is 66.2 Å². The Balaban J connectivity index is 1.43. The molecule has 0 fully saturated rings. The summed E-state index contributed by atoms with van der Waals surface area (Å²) in [4.78, 5) is 9.94. The van der Waals surface area contributed by atoms with Crippen LogP contribution in [0.2, 0.25) is 0 Å². The highest BCUT2D eigenvalue weighted by molar-refractivity contribution is 5.99. The third-order valence-electron chi connectivity index (χ3n) is 8.82. The molecule has 0 aliphatic heterocycles. The molecule has 0 aliphatic carbocycles. The van der Waals surface area contributed by atoms with Gasteiger partial charge in [-0.25, -0.2) is 4.98 Å². The van der Waals surface area contributed by atoms with Gasteiger partial charge in [-0.3, -0.25) is 0 Å². The molecule has 0 bridgehead atoms. The summed E-state index contributed by atoms with van der Waals surface area (Å²) in [5.41, 5.74) is 12.6. The van der Waals surface area contributed by atoms with Crippen molar-refractivity contribution < 1.29 is 0 Å². The molecule has 0 amide bonds. The summed E-state index contributed by atoms with van der Waals surface area (Å²) in [6.45, 7) is 0. The maximum atomic E-state index is 5.21. The number of benzene rings is 7. The van der Waals surface area contributed by atoms with Gasteiger partial charge in [0.15, 0.2) is 0 Å². The van der Waals surface area contributed by atoms with E-state index in [1.165, 1.54) is 0 Å². The molecular weight excluding hydrogens is 607 g/mol. The van der Waals surface area contributed by atoms with Gasteiger partial charge in [0, 0.05) is 33.8 Å². The minimum atomic E-state index is 0.912. The van der Waals surface area contributed by atoms with Gasteiger partial charge in [0.25, 0.3) is 0 Å². The molecule has 238 valence electrons. The van der Waals surface area contributed by atoms with E-state index in [-0.39, 0.29) is 0 Å². The number of hydrogen-bond acceptors (Lipinski definition) is 3. The van der Waals surface area contributed by atoms with Crippen LogP contribution >= 0.6 is 0 Å². The van der Waals surface area contributed by atoms with E-state index in [4.69, 9.17) is 4.98 Å². The highest BCUT2D eigenvalue weighted by atomic mass is 15.2. The normalized spacial score (nSPS) is 10.8. The zero-order valence-corrected chi connectivity index (χ0v) is 27.5. The van der Waals surface area contributed by atoms with Gasteiger partial charge in [0.2, 0.25) is 0 Å². The Kier molecular flexibility index (Phi) is 8.69. The molecule has 8 rings (SSSR count). The molecule has 3 heteroatoms. The van der Waals surface area contributed by atoms with Crippen molar-refractivity contribution in [2.45, 2.75) is 0 Å². The van der Waals surface area contributed by atoms with Gasteiger partial charge in [-0.2, -0.15) is 0 Å². The summed E-state index contributed by atoms with van der Waals surface area (Å²) in [6, 6.07) is 74.5. The standard InChI is InChI=1S/C47H35N3/c1-7-20-36(21-8-1)43-34-42(35-44(48-43)37-22-9-2-10-23-37)50(41-30-17-6-18-31-41)46-33-19-32-45(47(46)38-24-11-3-12-25-38)49(39-26-13-4-14-27-39)40-28-15-5-16-29-40/h1-35H. The van der Waals surface area contributed by atoms with E-state index < -0.39 is 0 Å². The quantitative estimate of drug-likeness (QED) is 0.156. The largest absolute Gasteiger partial charge is 0.310 e. The van der Waals surface area contributed by atoms with Crippen LogP contribution < -0.4 is 9.80 Å². The first kappa shape index (κ1) is 30.6. The van der Waals surface area contributed by atoms with Gasteiger partial charge < -0.3 is 9.80 Å². The molecular formula is C47H35N3. The van der Waals surface area contributed by atoms with Gasteiger partial charge in [-0.1, -0.05) is 152 Å². The van der Waals surface area contributed by atoms with E-state index in [1.807, 2.05) is 12.1 Å². The van der Waals surface area contributed by atoms with Crippen LogP contribution in [-0.4, -0.2) is 4.98 Å². The van der Waals surface area contributed by atoms with Crippen molar-refractivity contribution in [1.82, 2.24) is 4.98 Å². The summed E-state index contributed by atoms with van der Waals surface area (Å²) in [7, 11) is 0. The van der Waals surface area contributed by atoms with Crippen LogP contribution in [0.4, 0.5) is 34.1 Å². The van der Waals surface area contributed by atoms with E-state index in [9.17, 15) is 0 Å². The average molecular weight is 642 g/mol. The van der Waals surface area contributed by atoms with Crippen molar-refractivity contribution in [3.63, 3.8) is 0 Å². The molecule has 1 aromatic heterocycles. The van der Waals surface area contributed by atoms with Crippen molar-refractivity contribution in [1.29, 1.82) is 0 Å². The zero-order chi connectivity index (χ0) is 33.5. The van der Waals surface area contributed by atoms with E-state index in [0.717, 1.165) is 67.8 Å². The SMILES string of the molecule is c1ccc(-c2cc(N(c3ccccc3)c3cccc(N(c4ccccc4)c4ccccc4)c3-c3ccccc3)cc(-c3ccccc3)n2)cc1. The minimum absolute atomic E-state index is 0.912. The first-order chi connectivity index (χ1) is 24.8. The Morgan fingerprint density at radius 2 is 0.600 bits per heavy atom. The van der Waals surface area contributed by atoms with Crippen LogP contribution in [0.3, 0.4) is 0 Å². The number of pyridine rings is 1. The lowest BCUT2D eigenvalue weighted by atomic mass is 9.97. The molecule has 0 atom stereocenters. The molecule has 8 aromatic rings. The van der Waals surface area contributed by atoms with E-state index in [2.05, 4.69) is 210 Å². The molecule has 3 nitrogen and oxygen atoms in total. The predicted molar refractivity (Wildman–Crippen MR) is 210 cm³/mol. The molecule has 0 N–H and O–H groups in total. The second-order valence-corrected chi connectivity index (χ2v) is 12.0. The Hall–Kier alpha value is -6.71. The fraction of sp³-hybridized carbons (Fsp3) is 0. The van der Waals surface area contributed by atoms with Gasteiger partial charge in [0.1, 0.15) is 0 Å². The number of rotatable bonds is 9. The summed E-state index contributed by atoms with van der Waals surface area (Å²) < 4.78 is 0. The molecule has 0 radical (unpaired) electrons. The lowest BCUT2D eigenvalue weighted by Crippen LogP contribution is -2.15. The highest BCUT2D eigenvalue weighted by Gasteiger charge is 2.25. The second kappa shape index (κ2) is 14.2. The van der Waals surface area contributed by atoms with Crippen LogP contribution in [0.5, 0.6) is 0 Å². The van der Waals surface area contributed by atoms with Crippen LogP contribution in [0.15, 0.2) is 212 Å². The van der Waals surface area contributed by atoms with Crippen molar-refractivity contribution >= 4 is 34.1 Å². The first-order valence-electron chi connectivity index (χ1n) is 16.9. The average Bonchev–Trinajstić information content (AvgIpc) is 3.20. The Bertz CT molecular complexity index is 2200. The lowest BCUT2D eigenvalue weighted by Gasteiger charge is -2.33. The van der Waals surface area contributed by atoms with Crippen molar-refractivity contribution in [3.05, 3.63) is 212 Å². The zero-order valence-electron chi connectivity index (χ0n) is 27.5. The summed E-state index contributed by atoms with van der Waals surface area (Å²) in [6.07, 6.45) is 0. The molecule has 1 heterocycles. The molecule has 7 aromatic carbocycles. The second-order valence-electron chi connectivity index (χ2n) is 12.0. The Morgan fingerprint density at radius 3 is 0.980 bits per heavy atom. The van der Waals surface area contributed by atoms with Crippen LogP contribution in [0.25, 0.3) is 33.6 Å². The van der Waals surface area contributed by atoms with Crippen molar-refractivity contribution in [2.24, 2.45) is 0 Å². The third-order valence-corrected chi connectivity index (χ3v) is 8.82. The van der Waals surface area contributed by atoms with Gasteiger partial charge >= 0.3 is 0 Å². The number of aromatic nitrogens is 1. The molecule has 0 saturated heterocycles. The Labute approximate surface area is 294 Å². The fourth-order valence-corrected chi connectivity index (χ4v) is 6.55. The summed E-state index contributed by atoms with van der Waals surface area (Å²) >= 11 is 0. The number of hydrogen-bond donors (Lipinski definition) is 0. The maximum absolute atomic E-state index is 5.21. The number of nitrogens with zero attached hydrogens (tertiary/aromatic N) is 3. The monoisotopic (exact) mass is 641 g/mol. The van der Waals surface area contributed by atoms with E-state index >= 15 is 0 Å². The summed E-state index contributed by atoms with van der Waals surface area (Å²) in [5, 5.41) is 0. The smallest absolute Gasteiger partial charge is 0.0730 e. The predicted octanol–water partition coefficient (Wildman–Crippen LogP) is 13.0. The van der Waals surface area contributed by atoms with Crippen LogP contribution in [0, 0.1) is 0 Å². The minimum Gasteiger partial charge on any atom is -0.310 e. The summed E-state index contributed by atoms with van der Waals surface area (Å²) in [5.74, 6) is 0.